The van der Waals surface area contributed by atoms with Crippen LogP contribution in [0.3, 0.4) is 0 Å². The molecule has 0 aromatic heterocycles. The largest absolute Gasteiger partial charge is 0.506 e. The van der Waals surface area contributed by atoms with Crippen molar-refractivity contribution in [3.8, 4) is 5.75 Å². The molecule has 2 N–H and O–H groups in total. The molecule has 2 nitrogen and oxygen atoms in total. The second kappa shape index (κ2) is 5.72. The van der Waals surface area contributed by atoms with Gasteiger partial charge in [0.1, 0.15) is 5.75 Å². The second-order valence-electron chi connectivity index (χ2n) is 5.96. The van der Waals surface area contributed by atoms with Gasteiger partial charge in [-0.2, -0.15) is 0 Å². The van der Waals surface area contributed by atoms with Crippen molar-refractivity contribution in [2.45, 2.75) is 44.9 Å². The van der Waals surface area contributed by atoms with Gasteiger partial charge in [0.2, 0.25) is 0 Å². The van der Waals surface area contributed by atoms with Gasteiger partial charge in [0.15, 0.2) is 0 Å². The minimum absolute atomic E-state index is 0.341. The maximum Gasteiger partial charge on any atom is 0.137 e. The maximum absolute atomic E-state index is 10.3. The Bertz CT molecular complexity index is 466. The molecule has 0 bridgehead atoms. The summed E-state index contributed by atoms with van der Waals surface area (Å²) < 4.78 is 0. The van der Waals surface area contributed by atoms with Crippen LogP contribution in [-0.4, -0.2) is 18.2 Å². The summed E-state index contributed by atoms with van der Waals surface area (Å²) >= 11 is 6.37. The van der Waals surface area contributed by atoms with E-state index < -0.39 is 0 Å². The molecule has 0 radical (unpaired) electrons. The van der Waals surface area contributed by atoms with E-state index in [-0.39, 0.29) is 0 Å². The summed E-state index contributed by atoms with van der Waals surface area (Å²) in [5, 5.41) is 14.4. The number of aryl methyl sites for hydroxylation is 1. The highest BCUT2D eigenvalue weighted by molar-refractivity contribution is 6.33. The fourth-order valence-corrected chi connectivity index (χ4v) is 3.80. The number of fused-ring (bicyclic) bond motifs is 1. The first-order chi connectivity index (χ1) is 9.25. The summed E-state index contributed by atoms with van der Waals surface area (Å²) in [5.41, 5.74) is 3.61. The number of benzene rings is 1. The minimum atomic E-state index is 0.341. The lowest BCUT2D eigenvalue weighted by molar-refractivity contribution is 0.369. The smallest absolute Gasteiger partial charge is 0.137 e. The van der Waals surface area contributed by atoms with Gasteiger partial charge in [0.05, 0.1) is 5.02 Å². The molecule has 1 aromatic rings. The van der Waals surface area contributed by atoms with Crippen LogP contribution in [0.4, 0.5) is 0 Å². The van der Waals surface area contributed by atoms with E-state index in [1.54, 1.807) is 0 Å². The molecule has 0 amide bonds. The van der Waals surface area contributed by atoms with Crippen molar-refractivity contribution in [2.24, 2.45) is 5.92 Å². The SMILES string of the molecule is Oc1c(CC2CCCNC2)cc2c(c1Cl)CCCC2. The Morgan fingerprint density at radius 3 is 2.89 bits per heavy atom. The monoisotopic (exact) mass is 279 g/mol. The van der Waals surface area contributed by atoms with Gasteiger partial charge in [-0.05, 0) is 80.6 Å². The van der Waals surface area contributed by atoms with Gasteiger partial charge in [-0.25, -0.2) is 0 Å². The van der Waals surface area contributed by atoms with Gasteiger partial charge in [-0.3, -0.25) is 0 Å². The highest BCUT2D eigenvalue weighted by Crippen LogP contribution is 2.38. The van der Waals surface area contributed by atoms with Gasteiger partial charge in [0.25, 0.3) is 0 Å². The van der Waals surface area contributed by atoms with Crippen molar-refractivity contribution in [3.63, 3.8) is 0 Å². The molecule has 1 aromatic carbocycles. The van der Waals surface area contributed by atoms with Crippen LogP contribution < -0.4 is 5.32 Å². The Balaban J connectivity index is 1.86. The first-order valence-electron chi connectivity index (χ1n) is 7.48. The lowest BCUT2D eigenvalue weighted by Crippen LogP contribution is -2.30. The molecule has 104 valence electrons. The zero-order valence-electron chi connectivity index (χ0n) is 11.3. The molecule has 3 rings (SSSR count). The van der Waals surface area contributed by atoms with Gasteiger partial charge >= 0.3 is 0 Å². The Morgan fingerprint density at radius 2 is 2.11 bits per heavy atom. The Hall–Kier alpha value is -0.730. The predicted molar refractivity (Wildman–Crippen MR) is 79.1 cm³/mol. The van der Waals surface area contributed by atoms with Crippen LogP contribution in [0.1, 0.15) is 42.4 Å². The van der Waals surface area contributed by atoms with Crippen molar-refractivity contribution < 1.29 is 5.11 Å². The molecule has 1 saturated heterocycles. The molecule has 1 fully saturated rings. The fraction of sp³-hybridized carbons (Fsp3) is 0.625. The Labute approximate surface area is 120 Å². The third kappa shape index (κ3) is 2.75. The molecule has 3 heteroatoms. The lowest BCUT2D eigenvalue weighted by atomic mass is 9.86. The number of rotatable bonds is 2. The van der Waals surface area contributed by atoms with Crippen LogP contribution in [0.25, 0.3) is 0 Å². The second-order valence-corrected chi connectivity index (χ2v) is 6.34. The number of piperidine rings is 1. The van der Waals surface area contributed by atoms with Crippen LogP contribution in [0.5, 0.6) is 5.75 Å². The summed E-state index contributed by atoms with van der Waals surface area (Å²) in [7, 11) is 0. The minimum Gasteiger partial charge on any atom is -0.506 e. The van der Waals surface area contributed by atoms with Crippen LogP contribution in [0.2, 0.25) is 5.02 Å². The summed E-state index contributed by atoms with van der Waals surface area (Å²) in [4.78, 5) is 0. The molecule has 1 heterocycles. The summed E-state index contributed by atoms with van der Waals surface area (Å²) in [6, 6.07) is 2.21. The number of phenolic OH excluding ortho intramolecular Hbond substituents is 1. The fourth-order valence-electron chi connectivity index (χ4n) is 3.47. The van der Waals surface area contributed by atoms with Crippen LogP contribution >= 0.6 is 11.6 Å². The average molecular weight is 280 g/mol. The van der Waals surface area contributed by atoms with E-state index in [4.69, 9.17) is 11.6 Å². The normalized spacial score (nSPS) is 23.1. The van der Waals surface area contributed by atoms with Crippen molar-refractivity contribution in [1.29, 1.82) is 0 Å². The van der Waals surface area contributed by atoms with Gasteiger partial charge in [-0.1, -0.05) is 17.7 Å². The van der Waals surface area contributed by atoms with E-state index >= 15 is 0 Å². The molecular formula is C16H22ClNO. The van der Waals surface area contributed by atoms with Gasteiger partial charge in [-0.15, -0.1) is 0 Å². The maximum atomic E-state index is 10.3. The van der Waals surface area contributed by atoms with Crippen molar-refractivity contribution in [2.75, 3.05) is 13.1 Å². The van der Waals surface area contributed by atoms with Crippen LogP contribution in [0.15, 0.2) is 6.07 Å². The number of phenols is 1. The van der Waals surface area contributed by atoms with Crippen molar-refractivity contribution in [3.05, 3.63) is 27.8 Å². The molecule has 0 spiro atoms. The highest BCUT2D eigenvalue weighted by Gasteiger charge is 2.21. The van der Waals surface area contributed by atoms with E-state index in [1.165, 1.54) is 36.8 Å². The third-order valence-electron chi connectivity index (χ3n) is 4.54. The van der Waals surface area contributed by atoms with Crippen LogP contribution in [0, 0.1) is 5.92 Å². The summed E-state index contributed by atoms with van der Waals surface area (Å²) in [6.45, 7) is 2.20. The molecule has 1 aliphatic heterocycles. The predicted octanol–water partition coefficient (Wildman–Crippen LogP) is 3.47. The number of aromatic hydroxyl groups is 1. The van der Waals surface area contributed by atoms with Gasteiger partial charge in [0, 0.05) is 0 Å². The summed E-state index contributed by atoms with van der Waals surface area (Å²) in [6.07, 6.45) is 8.02. The number of hydrogen-bond acceptors (Lipinski definition) is 2. The van der Waals surface area contributed by atoms with E-state index in [2.05, 4.69) is 11.4 Å². The molecule has 1 unspecified atom stereocenters. The number of hydrogen-bond donors (Lipinski definition) is 2. The van der Waals surface area contributed by atoms with E-state index in [0.29, 0.717) is 16.7 Å². The third-order valence-corrected chi connectivity index (χ3v) is 4.95. The standard InChI is InChI=1S/C16H22ClNO/c17-15-14-6-2-1-5-12(14)9-13(16(15)19)8-11-4-3-7-18-10-11/h9,11,18-19H,1-8,10H2. The Morgan fingerprint density at radius 1 is 1.26 bits per heavy atom. The molecular weight excluding hydrogens is 258 g/mol. The first-order valence-corrected chi connectivity index (χ1v) is 7.86. The average Bonchev–Trinajstić information content (AvgIpc) is 2.46. The van der Waals surface area contributed by atoms with Crippen molar-refractivity contribution in [1.82, 2.24) is 5.32 Å². The molecule has 1 atom stereocenters. The molecule has 0 saturated carbocycles. The zero-order chi connectivity index (χ0) is 13.2. The van der Waals surface area contributed by atoms with E-state index in [9.17, 15) is 5.11 Å². The topological polar surface area (TPSA) is 32.3 Å². The lowest BCUT2D eigenvalue weighted by Gasteiger charge is -2.25. The molecule has 2 aliphatic rings. The quantitative estimate of drug-likeness (QED) is 0.869. The van der Waals surface area contributed by atoms with Crippen LogP contribution in [-0.2, 0) is 19.3 Å². The first kappa shape index (κ1) is 13.3. The number of nitrogens with one attached hydrogen (secondary N) is 1. The molecule has 19 heavy (non-hydrogen) atoms. The Kier molecular flexibility index (Phi) is 3.99. The number of halogens is 1. The van der Waals surface area contributed by atoms with Crippen molar-refractivity contribution >= 4 is 11.6 Å². The molecule has 1 aliphatic carbocycles. The van der Waals surface area contributed by atoms with Gasteiger partial charge < -0.3 is 10.4 Å². The summed E-state index contributed by atoms with van der Waals surface area (Å²) in [5.74, 6) is 0.977. The van der Waals surface area contributed by atoms with E-state index in [1.807, 2.05) is 0 Å². The highest BCUT2D eigenvalue weighted by atomic mass is 35.5. The zero-order valence-corrected chi connectivity index (χ0v) is 12.1. The van der Waals surface area contributed by atoms with E-state index in [0.717, 1.165) is 37.9 Å².